The summed E-state index contributed by atoms with van der Waals surface area (Å²) in [6, 6.07) is 2.10. The van der Waals surface area contributed by atoms with E-state index in [2.05, 4.69) is 25.0 Å². The molecule has 0 radical (unpaired) electrons. The van der Waals surface area contributed by atoms with Gasteiger partial charge in [-0.2, -0.15) is 5.10 Å². The Morgan fingerprint density at radius 1 is 1.24 bits per heavy atom. The monoisotopic (exact) mass is 298 g/mol. The van der Waals surface area contributed by atoms with E-state index in [4.69, 9.17) is 9.97 Å². The molecule has 3 aromatic rings. The lowest BCUT2D eigenvalue weighted by atomic mass is 10.2. The lowest BCUT2D eigenvalue weighted by Gasteiger charge is -2.08. The van der Waals surface area contributed by atoms with Gasteiger partial charge in [-0.25, -0.2) is 14.6 Å². The number of aryl methyl sites for hydroxylation is 5. The topological polar surface area (TPSA) is 43.6 Å². The Hall–Kier alpha value is -1.75. The predicted molar refractivity (Wildman–Crippen MR) is 85.4 cm³/mol. The number of nitrogens with zero attached hydrogens (tertiary/aromatic N) is 4. The Morgan fingerprint density at radius 2 is 2.10 bits per heavy atom. The van der Waals surface area contributed by atoms with Crippen LogP contribution in [0.1, 0.15) is 41.0 Å². The van der Waals surface area contributed by atoms with Crippen LogP contribution in [0.5, 0.6) is 0 Å². The zero-order valence-corrected chi connectivity index (χ0v) is 13.4. The Balaban J connectivity index is 2.08. The molecule has 21 heavy (non-hydrogen) atoms. The van der Waals surface area contributed by atoms with Gasteiger partial charge in [0, 0.05) is 17.0 Å². The van der Waals surface area contributed by atoms with Gasteiger partial charge in [-0.05, 0) is 44.7 Å². The van der Waals surface area contributed by atoms with Gasteiger partial charge < -0.3 is 0 Å². The molecule has 0 aromatic carbocycles. The van der Waals surface area contributed by atoms with Crippen molar-refractivity contribution in [1.29, 1.82) is 0 Å². The third-order valence-corrected chi connectivity index (χ3v) is 5.30. The van der Waals surface area contributed by atoms with Crippen molar-refractivity contribution in [3.8, 4) is 5.82 Å². The van der Waals surface area contributed by atoms with Gasteiger partial charge in [0.25, 0.3) is 0 Å². The van der Waals surface area contributed by atoms with Crippen LogP contribution in [0.15, 0.2) is 6.07 Å². The van der Waals surface area contributed by atoms with Gasteiger partial charge in [-0.1, -0.05) is 6.92 Å². The lowest BCUT2D eigenvalue weighted by molar-refractivity contribution is 0.794. The molecule has 0 unspecified atom stereocenters. The molecular formula is C16H18N4S. The average molecular weight is 298 g/mol. The summed E-state index contributed by atoms with van der Waals surface area (Å²) >= 11 is 1.85. The van der Waals surface area contributed by atoms with Crippen LogP contribution in [0.4, 0.5) is 0 Å². The summed E-state index contributed by atoms with van der Waals surface area (Å²) in [6.07, 6.45) is 4.44. The van der Waals surface area contributed by atoms with E-state index >= 15 is 0 Å². The van der Waals surface area contributed by atoms with E-state index in [9.17, 15) is 0 Å². The van der Waals surface area contributed by atoms with Gasteiger partial charge in [0.15, 0.2) is 5.82 Å². The second-order valence-electron chi connectivity index (χ2n) is 5.69. The molecule has 0 fully saturated rings. The number of aromatic nitrogens is 4. The number of hydrogen-bond acceptors (Lipinski definition) is 4. The zero-order valence-electron chi connectivity index (χ0n) is 12.6. The summed E-state index contributed by atoms with van der Waals surface area (Å²) in [6.45, 7) is 6.22. The van der Waals surface area contributed by atoms with Crippen LogP contribution in [0.2, 0.25) is 0 Å². The molecule has 0 amide bonds. The molecule has 4 rings (SSSR count). The van der Waals surface area contributed by atoms with Gasteiger partial charge in [0.2, 0.25) is 0 Å². The summed E-state index contributed by atoms with van der Waals surface area (Å²) in [5.41, 5.74) is 3.62. The second kappa shape index (κ2) is 4.63. The van der Waals surface area contributed by atoms with Crippen LogP contribution in [0.3, 0.4) is 0 Å². The third kappa shape index (κ3) is 1.91. The van der Waals surface area contributed by atoms with Gasteiger partial charge in [0.05, 0.1) is 11.1 Å². The third-order valence-electron chi connectivity index (χ3n) is 4.12. The molecule has 1 aliphatic carbocycles. The number of rotatable bonds is 2. The van der Waals surface area contributed by atoms with Crippen LogP contribution in [-0.2, 0) is 19.3 Å². The Labute approximate surface area is 127 Å². The van der Waals surface area contributed by atoms with E-state index in [-0.39, 0.29) is 0 Å². The lowest BCUT2D eigenvalue weighted by Crippen LogP contribution is -2.06. The highest BCUT2D eigenvalue weighted by Crippen LogP contribution is 2.39. The first-order valence-corrected chi connectivity index (χ1v) is 8.34. The smallest absolute Gasteiger partial charge is 0.166 e. The molecular weight excluding hydrogens is 280 g/mol. The SMILES string of the molecule is CCc1nc(-n2nc(C)cc2C)c2c3c(sc2n1)CCC3. The van der Waals surface area contributed by atoms with Crippen LogP contribution < -0.4 is 0 Å². The fourth-order valence-corrected chi connectivity index (χ4v) is 4.45. The molecule has 3 heterocycles. The number of thiophene rings is 1. The maximum atomic E-state index is 4.81. The summed E-state index contributed by atoms with van der Waals surface area (Å²) < 4.78 is 1.99. The zero-order chi connectivity index (χ0) is 14.6. The van der Waals surface area contributed by atoms with E-state index in [1.54, 1.807) is 0 Å². The highest BCUT2D eigenvalue weighted by atomic mass is 32.1. The molecule has 0 aliphatic heterocycles. The van der Waals surface area contributed by atoms with Gasteiger partial charge in [0.1, 0.15) is 10.7 Å². The number of hydrogen-bond donors (Lipinski definition) is 0. The Morgan fingerprint density at radius 3 is 2.81 bits per heavy atom. The fraction of sp³-hybridized carbons (Fsp3) is 0.438. The highest BCUT2D eigenvalue weighted by Gasteiger charge is 2.23. The number of fused-ring (bicyclic) bond motifs is 3. The highest BCUT2D eigenvalue weighted by molar-refractivity contribution is 7.19. The minimum absolute atomic E-state index is 0.852. The first-order chi connectivity index (χ1) is 10.2. The summed E-state index contributed by atoms with van der Waals surface area (Å²) in [7, 11) is 0. The Bertz CT molecular complexity index is 844. The molecule has 5 heteroatoms. The molecule has 108 valence electrons. The van der Waals surface area contributed by atoms with Gasteiger partial charge in [-0.3, -0.25) is 0 Å². The van der Waals surface area contributed by atoms with E-state index in [0.717, 1.165) is 40.7 Å². The normalized spacial score (nSPS) is 14.0. The van der Waals surface area contributed by atoms with Crippen molar-refractivity contribution < 1.29 is 0 Å². The fourth-order valence-electron chi connectivity index (χ4n) is 3.17. The quantitative estimate of drug-likeness (QED) is 0.727. The van der Waals surface area contributed by atoms with Crippen molar-refractivity contribution in [2.75, 3.05) is 0 Å². The van der Waals surface area contributed by atoms with Crippen LogP contribution >= 0.6 is 11.3 Å². The average Bonchev–Trinajstić information content (AvgIpc) is 3.11. The van der Waals surface area contributed by atoms with Crippen LogP contribution in [0, 0.1) is 13.8 Å². The molecule has 0 bridgehead atoms. The molecule has 0 spiro atoms. The van der Waals surface area contributed by atoms with E-state index in [1.807, 2.05) is 22.9 Å². The molecule has 0 N–H and O–H groups in total. The van der Waals surface area contributed by atoms with Crippen LogP contribution in [-0.4, -0.2) is 19.7 Å². The Kier molecular flexibility index (Phi) is 2.85. The van der Waals surface area contributed by atoms with E-state index < -0.39 is 0 Å². The van der Waals surface area contributed by atoms with Crippen molar-refractivity contribution in [3.05, 3.63) is 33.7 Å². The maximum Gasteiger partial charge on any atom is 0.166 e. The molecule has 0 saturated carbocycles. The first kappa shape index (κ1) is 13.0. The summed E-state index contributed by atoms with van der Waals surface area (Å²) in [5.74, 6) is 1.88. The van der Waals surface area contributed by atoms with Crippen molar-refractivity contribution in [3.63, 3.8) is 0 Å². The van der Waals surface area contributed by atoms with Crippen LogP contribution in [0.25, 0.3) is 16.0 Å². The van der Waals surface area contributed by atoms with Crippen molar-refractivity contribution >= 4 is 21.6 Å². The van der Waals surface area contributed by atoms with E-state index in [0.29, 0.717) is 0 Å². The molecule has 3 aromatic heterocycles. The van der Waals surface area contributed by atoms with Crippen molar-refractivity contribution in [1.82, 2.24) is 19.7 Å². The van der Waals surface area contributed by atoms with Gasteiger partial charge in [-0.15, -0.1) is 11.3 Å². The molecule has 1 aliphatic rings. The molecule has 4 nitrogen and oxygen atoms in total. The van der Waals surface area contributed by atoms with Gasteiger partial charge >= 0.3 is 0 Å². The largest absolute Gasteiger partial charge is 0.222 e. The standard InChI is InChI=1S/C16H18N4S/c1-4-13-17-15(20-10(3)8-9(2)19-20)14-11-6-5-7-12(11)21-16(14)18-13/h8H,4-7H2,1-3H3. The summed E-state index contributed by atoms with van der Waals surface area (Å²) in [4.78, 5) is 12.2. The minimum Gasteiger partial charge on any atom is -0.222 e. The second-order valence-corrected chi connectivity index (χ2v) is 6.78. The first-order valence-electron chi connectivity index (χ1n) is 7.52. The van der Waals surface area contributed by atoms with Crippen molar-refractivity contribution in [2.45, 2.75) is 46.5 Å². The maximum absolute atomic E-state index is 4.81. The van der Waals surface area contributed by atoms with Crippen molar-refractivity contribution in [2.24, 2.45) is 0 Å². The minimum atomic E-state index is 0.852. The predicted octanol–water partition coefficient (Wildman–Crippen LogP) is 3.54. The summed E-state index contributed by atoms with van der Waals surface area (Å²) in [5, 5.41) is 5.87. The molecule has 0 saturated heterocycles. The molecule has 0 atom stereocenters. The van der Waals surface area contributed by atoms with E-state index in [1.165, 1.54) is 28.7 Å².